The number of hydrogen-bond donors (Lipinski definition) is 1. The summed E-state index contributed by atoms with van der Waals surface area (Å²) in [4.78, 5) is 10.9. The van der Waals surface area contributed by atoms with Crippen molar-refractivity contribution in [1.29, 1.82) is 0 Å². The zero-order valence-electron chi connectivity index (χ0n) is 8.06. The van der Waals surface area contributed by atoms with E-state index in [0.29, 0.717) is 13.2 Å². The van der Waals surface area contributed by atoms with Crippen LogP contribution in [0.1, 0.15) is 33.1 Å². The Kier molecular flexibility index (Phi) is 8.12. The predicted molar refractivity (Wildman–Crippen MR) is 49.0 cm³/mol. The van der Waals surface area contributed by atoms with Gasteiger partial charge in [-0.3, -0.25) is 4.79 Å². The van der Waals surface area contributed by atoms with Crippen LogP contribution >= 0.6 is 0 Å². The molecule has 0 rings (SSSR count). The van der Waals surface area contributed by atoms with Gasteiger partial charge in [0.25, 0.3) is 0 Å². The van der Waals surface area contributed by atoms with Gasteiger partial charge in [-0.05, 0) is 13.0 Å². The first kappa shape index (κ1) is 11.4. The third kappa shape index (κ3) is 7.54. The molecule has 0 amide bonds. The second kappa shape index (κ2) is 8.53. The number of rotatable bonds is 7. The predicted octanol–water partition coefficient (Wildman–Crippen LogP) is 1.33. The van der Waals surface area contributed by atoms with E-state index in [2.05, 4.69) is 12.2 Å². The molecular weight excluding hydrogens is 154 g/mol. The van der Waals surface area contributed by atoms with Crippen LogP contribution < -0.4 is 5.32 Å². The van der Waals surface area contributed by atoms with Gasteiger partial charge in [0, 0.05) is 0 Å². The third-order valence-corrected chi connectivity index (χ3v) is 1.53. The molecule has 0 aliphatic heterocycles. The second-order valence-corrected chi connectivity index (χ2v) is 2.71. The standard InChI is InChI=1S/C9H19NO2/c1-3-5-6-7-12-9(11)8-10-4-2/h10H,3-8H2,1-2H3. The highest BCUT2D eigenvalue weighted by Crippen LogP contribution is 1.93. The maximum Gasteiger partial charge on any atom is 0.319 e. The lowest BCUT2D eigenvalue weighted by molar-refractivity contribution is -0.142. The van der Waals surface area contributed by atoms with Crippen molar-refractivity contribution in [1.82, 2.24) is 5.32 Å². The average Bonchev–Trinajstić information content (AvgIpc) is 2.09. The van der Waals surface area contributed by atoms with E-state index in [1.807, 2.05) is 6.92 Å². The number of carbonyl (C=O) groups is 1. The Balaban J connectivity index is 3.08. The Bertz CT molecular complexity index is 115. The Labute approximate surface area is 74.5 Å². The van der Waals surface area contributed by atoms with E-state index in [4.69, 9.17) is 4.74 Å². The highest BCUT2D eigenvalue weighted by molar-refractivity contribution is 5.71. The molecular formula is C9H19NO2. The number of nitrogens with one attached hydrogen (secondary N) is 1. The average molecular weight is 173 g/mol. The van der Waals surface area contributed by atoms with E-state index >= 15 is 0 Å². The van der Waals surface area contributed by atoms with Crippen molar-refractivity contribution in [2.45, 2.75) is 33.1 Å². The van der Waals surface area contributed by atoms with Crippen LogP contribution in [0.25, 0.3) is 0 Å². The van der Waals surface area contributed by atoms with Crippen molar-refractivity contribution in [3.63, 3.8) is 0 Å². The zero-order valence-corrected chi connectivity index (χ0v) is 8.06. The normalized spacial score (nSPS) is 9.83. The molecule has 0 unspecified atom stereocenters. The smallest absolute Gasteiger partial charge is 0.319 e. The lowest BCUT2D eigenvalue weighted by Gasteiger charge is -2.03. The summed E-state index contributed by atoms with van der Waals surface area (Å²) in [6, 6.07) is 0. The highest BCUT2D eigenvalue weighted by Gasteiger charge is 1.99. The lowest BCUT2D eigenvalue weighted by atomic mass is 10.3. The second-order valence-electron chi connectivity index (χ2n) is 2.71. The van der Waals surface area contributed by atoms with Crippen molar-refractivity contribution in [2.24, 2.45) is 0 Å². The van der Waals surface area contributed by atoms with E-state index in [0.717, 1.165) is 25.8 Å². The van der Waals surface area contributed by atoms with E-state index in [9.17, 15) is 4.79 Å². The number of unbranched alkanes of at least 4 members (excludes halogenated alkanes) is 2. The number of carbonyl (C=O) groups excluding carboxylic acids is 1. The molecule has 0 spiro atoms. The summed E-state index contributed by atoms with van der Waals surface area (Å²) in [6.45, 7) is 5.80. The quantitative estimate of drug-likeness (QED) is 0.466. The summed E-state index contributed by atoms with van der Waals surface area (Å²) in [5.41, 5.74) is 0. The van der Waals surface area contributed by atoms with E-state index in [1.165, 1.54) is 0 Å². The van der Waals surface area contributed by atoms with E-state index in [-0.39, 0.29) is 5.97 Å². The SMILES string of the molecule is CCCCCOC(=O)CNCC. The van der Waals surface area contributed by atoms with Gasteiger partial charge < -0.3 is 10.1 Å². The summed E-state index contributed by atoms with van der Waals surface area (Å²) < 4.78 is 4.94. The summed E-state index contributed by atoms with van der Waals surface area (Å²) in [7, 11) is 0. The van der Waals surface area contributed by atoms with Gasteiger partial charge in [-0.1, -0.05) is 26.7 Å². The van der Waals surface area contributed by atoms with Crippen molar-refractivity contribution in [3.8, 4) is 0 Å². The minimum atomic E-state index is -0.145. The minimum absolute atomic E-state index is 0.145. The number of likely N-dealkylation sites (N-methyl/N-ethyl adjacent to an activating group) is 1. The van der Waals surface area contributed by atoms with Crippen LogP contribution in [0.15, 0.2) is 0 Å². The van der Waals surface area contributed by atoms with Crippen LogP contribution in [-0.4, -0.2) is 25.7 Å². The number of esters is 1. The molecule has 0 aromatic heterocycles. The Morgan fingerprint density at radius 3 is 2.67 bits per heavy atom. The minimum Gasteiger partial charge on any atom is -0.465 e. The molecule has 0 saturated carbocycles. The van der Waals surface area contributed by atoms with Crippen LogP contribution in [0.4, 0.5) is 0 Å². The largest absolute Gasteiger partial charge is 0.465 e. The van der Waals surface area contributed by atoms with Gasteiger partial charge in [0.15, 0.2) is 0 Å². The fraction of sp³-hybridized carbons (Fsp3) is 0.889. The summed E-state index contributed by atoms with van der Waals surface area (Å²) in [5, 5.41) is 2.91. The molecule has 72 valence electrons. The van der Waals surface area contributed by atoms with E-state index < -0.39 is 0 Å². The van der Waals surface area contributed by atoms with Crippen LogP contribution in [0.3, 0.4) is 0 Å². The summed E-state index contributed by atoms with van der Waals surface area (Å²) >= 11 is 0. The van der Waals surface area contributed by atoms with E-state index in [1.54, 1.807) is 0 Å². The molecule has 0 aromatic rings. The van der Waals surface area contributed by atoms with Crippen molar-refractivity contribution < 1.29 is 9.53 Å². The third-order valence-electron chi connectivity index (χ3n) is 1.53. The molecule has 0 saturated heterocycles. The highest BCUT2D eigenvalue weighted by atomic mass is 16.5. The Morgan fingerprint density at radius 2 is 2.08 bits per heavy atom. The molecule has 0 bridgehead atoms. The maximum absolute atomic E-state index is 10.9. The van der Waals surface area contributed by atoms with Gasteiger partial charge >= 0.3 is 5.97 Å². The van der Waals surface area contributed by atoms with Crippen molar-refractivity contribution in [3.05, 3.63) is 0 Å². The summed E-state index contributed by atoms with van der Waals surface area (Å²) in [5.74, 6) is -0.145. The molecule has 0 atom stereocenters. The maximum atomic E-state index is 10.9. The molecule has 0 fully saturated rings. The van der Waals surface area contributed by atoms with Crippen molar-refractivity contribution in [2.75, 3.05) is 19.7 Å². The van der Waals surface area contributed by atoms with Crippen LogP contribution in [-0.2, 0) is 9.53 Å². The van der Waals surface area contributed by atoms with Gasteiger partial charge in [0.2, 0.25) is 0 Å². The molecule has 12 heavy (non-hydrogen) atoms. The molecule has 0 aliphatic carbocycles. The summed E-state index contributed by atoms with van der Waals surface area (Å²) in [6.07, 6.45) is 3.27. The zero-order chi connectivity index (χ0) is 9.23. The number of hydrogen-bond acceptors (Lipinski definition) is 3. The van der Waals surface area contributed by atoms with Gasteiger partial charge in [0.05, 0.1) is 13.2 Å². The monoisotopic (exact) mass is 173 g/mol. The molecule has 0 heterocycles. The lowest BCUT2D eigenvalue weighted by Crippen LogP contribution is -2.24. The van der Waals surface area contributed by atoms with Crippen molar-refractivity contribution >= 4 is 5.97 Å². The fourth-order valence-electron chi connectivity index (χ4n) is 0.816. The van der Waals surface area contributed by atoms with Crippen LogP contribution in [0.2, 0.25) is 0 Å². The fourth-order valence-corrected chi connectivity index (χ4v) is 0.816. The first-order valence-electron chi connectivity index (χ1n) is 4.67. The Morgan fingerprint density at radius 1 is 1.33 bits per heavy atom. The molecule has 0 radical (unpaired) electrons. The van der Waals surface area contributed by atoms with Gasteiger partial charge in [0.1, 0.15) is 0 Å². The Hall–Kier alpha value is -0.570. The molecule has 1 N–H and O–H groups in total. The molecule has 3 nitrogen and oxygen atoms in total. The number of ether oxygens (including phenoxy) is 1. The topological polar surface area (TPSA) is 38.3 Å². The van der Waals surface area contributed by atoms with Crippen LogP contribution in [0, 0.1) is 0 Å². The molecule has 3 heteroatoms. The van der Waals surface area contributed by atoms with Gasteiger partial charge in [-0.25, -0.2) is 0 Å². The molecule has 0 aromatic carbocycles. The molecule has 0 aliphatic rings. The van der Waals surface area contributed by atoms with Crippen LogP contribution in [0.5, 0.6) is 0 Å². The first-order valence-corrected chi connectivity index (χ1v) is 4.67. The van der Waals surface area contributed by atoms with Gasteiger partial charge in [-0.15, -0.1) is 0 Å². The first-order chi connectivity index (χ1) is 5.81. The van der Waals surface area contributed by atoms with Gasteiger partial charge in [-0.2, -0.15) is 0 Å².